The molecule has 3 nitrogen and oxygen atoms in total. The van der Waals surface area contributed by atoms with Gasteiger partial charge in [0.15, 0.2) is 0 Å². The molecule has 1 aromatic rings. The molecule has 2 atom stereocenters. The third-order valence-electron chi connectivity index (χ3n) is 4.38. The minimum Gasteiger partial charge on any atom is -0.333 e. The van der Waals surface area contributed by atoms with E-state index in [0.29, 0.717) is 11.9 Å². The Labute approximate surface area is 137 Å². The molecule has 1 saturated heterocycles. The zero-order valence-corrected chi connectivity index (χ0v) is 13.8. The predicted octanol–water partition coefficient (Wildman–Crippen LogP) is 3.42. The van der Waals surface area contributed by atoms with Crippen molar-refractivity contribution in [3.8, 4) is 0 Å². The topological polar surface area (TPSA) is 32.3 Å². The maximum atomic E-state index is 12.8. The van der Waals surface area contributed by atoms with Gasteiger partial charge in [0.1, 0.15) is 0 Å². The van der Waals surface area contributed by atoms with Gasteiger partial charge < -0.3 is 10.2 Å². The van der Waals surface area contributed by atoms with Gasteiger partial charge in [-0.2, -0.15) is 0 Å². The van der Waals surface area contributed by atoms with Crippen molar-refractivity contribution in [1.82, 2.24) is 10.2 Å². The average molecular weight is 329 g/mol. The average Bonchev–Trinajstić information content (AvgIpc) is 3.12. The third kappa shape index (κ3) is 3.53. The number of nitrogens with one attached hydrogen (secondary N) is 1. The van der Waals surface area contributed by atoms with E-state index in [-0.39, 0.29) is 24.4 Å². The van der Waals surface area contributed by atoms with Gasteiger partial charge in [0, 0.05) is 17.6 Å². The van der Waals surface area contributed by atoms with Gasteiger partial charge in [-0.3, -0.25) is 4.79 Å². The summed E-state index contributed by atoms with van der Waals surface area (Å²) in [6.07, 6.45) is 3.21. The molecule has 1 aliphatic carbocycles. The Morgan fingerprint density at radius 3 is 2.62 bits per heavy atom. The summed E-state index contributed by atoms with van der Waals surface area (Å²) in [6, 6.07) is 8.33. The van der Waals surface area contributed by atoms with Crippen molar-refractivity contribution in [2.45, 2.75) is 38.3 Å². The van der Waals surface area contributed by atoms with Crippen LogP contribution in [0.3, 0.4) is 0 Å². The quantitative estimate of drug-likeness (QED) is 0.918. The van der Waals surface area contributed by atoms with E-state index < -0.39 is 0 Å². The predicted molar refractivity (Wildman–Crippen MR) is 88.0 cm³/mol. The van der Waals surface area contributed by atoms with E-state index in [1.807, 2.05) is 24.3 Å². The minimum atomic E-state index is 0. The Balaban J connectivity index is 0.00000161. The normalized spacial score (nSPS) is 22.5. The number of benzene rings is 1. The van der Waals surface area contributed by atoms with Crippen LogP contribution in [0.4, 0.5) is 0 Å². The lowest BCUT2D eigenvalue weighted by atomic mass is 10.0. The Kier molecular flexibility index (Phi) is 5.53. The summed E-state index contributed by atoms with van der Waals surface area (Å²) in [5.41, 5.74) is 1.06. The van der Waals surface area contributed by atoms with Crippen LogP contribution in [-0.2, 0) is 4.79 Å². The van der Waals surface area contributed by atoms with Crippen LogP contribution in [0, 0.1) is 5.92 Å². The van der Waals surface area contributed by atoms with Crippen molar-refractivity contribution >= 4 is 29.9 Å². The van der Waals surface area contributed by atoms with Crippen LogP contribution in [0.2, 0.25) is 5.02 Å². The Morgan fingerprint density at radius 1 is 1.33 bits per heavy atom. The van der Waals surface area contributed by atoms with Gasteiger partial charge in [0.05, 0.1) is 12.0 Å². The maximum absolute atomic E-state index is 12.8. The number of hydrogen-bond donors (Lipinski definition) is 1. The van der Waals surface area contributed by atoms with Crippen molar-refractivity contribution in [3.05, 3.63) is 34.9 Å². The first kappa shape index (κ1) is 16.6. The summed E-state index contributed by atoms with van der Waals surface area (Å²) in [4.78, 5) is 14.9. The number of hydrogen-bond acceptors (Lipinski definition) is 2. The fraction of sp³-hybridized carbons (Fsp3) is 0.562. The molecule has 1 heterocycles. The smallest absolute Gasteiger partial charge is 0.227 e. The third-order valence-corrected chi connectivity index (χ3v) is 4.72. The highest BCUT2D eigenvalue weighted by Crippen LogP contribution is 2.38. The highest BCUT2D eigenvalue weighted by atomic mass is 35.5. The van der Waals surface area contributed by atoms with Gasteiger partial charge in [-0.25, -0.2) is 0 Å². The van der Waals surface area contributed by atoms with E-state index in [1.165, 1.54) is 0 Å². The molecule has 1 amide bonds. The molecule has 3 rings (SSSR count). The molecule has 1 saturated carbocycles. The van der Waals surface area contributed by atoms with Crippen molar-refractivity contribution < 1.29 is 4.79 Å². The molecule has 1 N–H and O–H groups in total. The Morgan fingerprint density at radius 2 is 2.05 bits per heavy atom. The molecule has 5 heteroatoms. The molecule has 0 radical (unpaired) electrons. The lowest BCUT2D eigenvalue weighted by molar-refractivity contribution is -0.137. The summed E-state index contributed by atoms with van der Waals surface area (Å²) >= 11 is 6.30. The van der Waals surface area contributed by atoms with Gasteiger partial charge in [-0.05, 0) is 44.4 Å². The number of rotatable bonds is 4. The van der Waals surface area contributed by atoms with E-state index in [9.17, 15) is 4.79 Å². The van der Waals surface area contributed by atoms with Crippen LogP contribution in [0.1, 0.15) is 37.8 Å². The molecule has 0 bridgehead atoms. The largest absolute Gasteiger partial charge is 0.333 e. The highest BCUT2D eigenvalue weighted by Gasteiger charge is 2.39. The first-order valence-electron chi connectivity index (χ1n) is 7.46. The molecule has 2 aliphatic rings. The van der Waals surface area contributed by atoms with Gasteiger partial charge in [0.2, 0.25) is 5.91 Å². The Bertz CT molecular complexity index is 499. The van der Waals surface area contributed by atoms with Gasteiger partial charge in [-0.15, -0.1) is 12.4 Å². The standard InChI is InChI=1S/C16H21ClN2O.ClH/c1-11(14-4-2-3-5-15(14)17)19(13-6-7-13)16(20)12-8-9-18-10-12;/h2-5,11-13,18H,6-10H2,1H3;1H. The summed E-state index contributed by atoms with van der Waals surface area (Å²) in [7, 11) is 0. The Hall–Kier alpha value is -0.770. The highest BCUT2D eigenvalue weighted by molar-refractivity contribution is 6.31. The first-order valence-corrected chi connectivity index (χ1v) is 7.83. The second-order valence-electron chi connectivity index (χ2n) is 5.86. The van der Waals surface area contributed by atoms with E-state index in [0.717, 1.165) is 42.9 Å². The van der Waals surface area contributed by atoms with Crippen molar-refractivity contribution in [3.63, 3.8) is 0 Å². The van der Waals surface area contributed by atoms with Gasteiger partial charge in [0.25, 0.3) is 0 Å². The molecule has 2 fully saturated rings. The van der Waals surface area contributed by atoms with Crippen LogP contribution < -0.4 is 5.32 Å². The van der Waals surface area contributed by atoms with Crippen molar-refractivity contribution in [2.75, 3.05) is 13.1 Å². The van der Waals surface area contributed by atoms with Crippen LogP contribution in [0.25, 0.3) is 0 Å². The molecular weight excluding hydrogens is 307 g/mol. The van der Waals surface area contributed by atoms with Crippen LogP contribution in [-0.4, -0.2) is 29.9 Å². The maximum Gasteiger partial charge on any atom is 0.227 e. The van der Waals surface area contributed by atoms with E-state index in [4.69, 9.17) is 11.6 Å². The molecule has 1 aliphatic heterocycles. The van der Waals surface area contributed by atoms with Gasteiger partial charge in [-0.1, -0.05) is 29.8 Å². The molecule has 21 heavy (non-hydrogen) atoms. The SMILES string of the molecule is CC(c1ccccc1Cl)N(C(=O)C1CCNC1)C1CC1.Cl. The molecular formula is C16H22Cl2N2O. The number of nitrogens with zero attached hydrogens (tertiary/aromatic N) is 1. The van der Waals surface area contributed by atoms with Crippen LogP contribution in [0.5, 0.6) is 0 Å². The second-order valence-corrected chi connectivity index (χ2v) is 6.27. The number of carbonyl (C=O) groups is 1. The van der Waals surface area contributed by atoms with Crippen LogP contribution in [0.15, 0.2) is 24.3 Å². The monoisotopic (exact) mass is 328 g/mol. The second kappa shape index (κ2) is 6.99. The lowest BCUT2D eigenvalue weighted by Gasteiger charge is -2.32. The molecule has 0 aromatic heterocycles. The zero-order chi connectivity index (χ0) is 14.1. The fourth-order valence-electron chi connectivity index (χ4n) is 3.08. The molecule has 116 valence electrons. The van der Waals surface area contributed by atoms with Crippen molar-refractivity contribution in [2.24, 2.45) is 5.92 Å². The summed E-state index contributed by atoms with van der Waals surface area (Å²) in [6.45, 7) is 3.87. The van der Waals surface area contributed by atoms with E-state index in [2.05, 4.69) is 17.1 Å². The molecule has 0 spiro atoms. The number of carbonyl (C=O) groups excluding carboxylic acids is 1. The van der Waals surface area contributed by atoms with Gasteiger partial charge >= 0.3 is 0 Å². The zero-order valence-electron chi connectivity index (χ0n) is 12.2. The number of amides is 1. The minimum absolute atomic E-state index is 0. The summed E-state index contributed by atoms with van der Waals surface area (Å²) in [5, 5.41) is 4.04. The van der Waals surface area contributed by atoms with E-state index >= 15 is 0 Å². The van der Waals surface area contributed by atoms with Crippen molar-refractivity contribution in [1.29, 1.82) is 0 Å². The molecule has 1 aromatic carbocycles. The number of halogens is 2. The molecule has 2 unspecified atom stereocenters. The first-order chi connectivity index (χ1) is 9.68. The lowest BCUT2D eigenvalue weighted by Crippen LogP contribution is -2.40. The fourth-order valence-corrected chi connectivity index (χ4v) is 3.37. The van der Waals surface area contributed by atoms with Crippen LogP contribution >= 0.6 is 24.0 Å². The summed E-state index contributed by atoms with van der Waals surface area (Å²) < 4.78 is 0. The van der Waals surface area contributed by atoms with E-state index in [1.54, 1.807) is 0 Å². The summed E-state index contributed by atoms with van der Waals surface area (Å²) in [5.74, 6) is 0.436.